The quantitative estimate of drug-likeness (QED) is 0.342. The molecule has 2 N–H and O–H groups in total. The molecule has 0 saturated carbocycles. The van der Waals surface area contributed by atoms with E-state index in [0.29, 0.717) is 12.2 Å². The molecule has 0 fully saturated rings. The van der Waals surface area contributed by atoms with Crippen LogP contribution in [-0.2, 0) is 6.54 Å². The highest BCUT2D eigenvalue weighted by molar-refractivity contribution is 6.00. The SMILES string of the molecule is [C-]#[N+]c1cc2c(-c3cccc(N)c3C)cn(Cc3ccccc3OC)c2cc1C. The van der Waals surface area contributed by atoms with Crippen molar-refractivity contribution < 1.29 is 4.74 Å². The van der Waals surface area contributed by atoms with Crippen LogP contribution in [0.2, 0.25) is 0 Å². The van der Waals surface area contributed by atoms with Gasteiger partial charge in [0.25, 0.3) is 0 Å². The Morgan fingerprint density at radius 1 is 1.03 bits per heavy atom. The first-order valence-corrected chi connectivity index (χ1v) is 9.51. The van der Waals surface area contributed by atoms with Crippen molar-refractivity contribution in [3.05, 3.63) is 88.9 Å². The molecule has 3 aromatic carbocycles. The van der Waals surface area contributed by atoms with Crippen molar-refractivity contribution in [1.82, 2.24) is 4.57 Å². The van der Waals surface area contributed by atoms with Crippen LogP contribution in [0.15, 0.2) is 60.8 Å². The van der Waals surface area contributed by atoms with Gasteiger partial charge in [-0.3, -0.25) is 0 Å². The van der Waals surface area contributed by atoms with Crippen molar-refractivity contribution in [3.8, 4) is 16.9 Å². The van der Waals surface area contributed by atoms with Gasteiger partial charge in [0.2, 0.25) is 0 Å². The first-order valence-electron chi connectivity index (χ1n) is 9.51. The van der Waals surface area contributed by atoms with Crippen molar-refractivity contribution in [2.24, 2.45) is 0 Å². The third-order valence-corrected chi connectivity index (χ3v) is 5.52. The molecule has 0 aliphatic rings. The second-order valence-corrected chi connectivity index (χ2v) is 7.27. The number of hydrogen-bond acceptors (Lipinski definition) is 2. The molecular weight excluding hydrogens is 358 g/mol. The number of aromatic nitrogens is 1. The van der Waals surface area contributed by atoms with Gasteiger partial charge < -0.3 is 15.0 Å². The molecule has 0 atom stereocenters. The van der Waals surface area contributed by atoms with Gasteiger partial charge in [0.1, 0.15) is 5.75 Å². The number of aryl methyl sites for hydroxylation is 1. The predicted octanol–water partition coefficient (Wildman–Crippen LogP) is 6.12. The monoisotopic (exact) mass is 381 g/mol. The maximum absolute atomic E-state index is 7.53. The molecule has 1 aromatic heterocycles. The summed E-state index contributed by atoms with van der Waals surface area (Å²) in [7, 11) is 1.69. The lowest BCUT2D eigenvalue weighted by Gasteiger charge is -2.10. The lowest BCUT2D eigenvalue weighted by Crippen LogP contribution is -2.00. The number of anilines is 1. The van der Waals surface area contributed by atoms with E-state index in [4.69, 9.17) is 17.0 Å². The number of nitrogen functional groups attached to an aromatic ring is 1. The highest BCUT2D eigenvalue weighted by atomic mass is 16.5. The Hall–Kier alpha value is -3.71. The minimum Gasteiger partial charge on any atom is -0.496 e. The largest absolute Gasteiger partial charge is 0.496 e. The van der Waals surface area contributed by atoms with Gasteiger partial charge in [-0.2, -0.15) is 0 Å². The summed E-state index contributed by atoms with van der Waals surface area (Å²) >= 11 is 0. The fourth-order valence-electron chi connectivity index (χ4n) is 3.86. The zero-order valence-corrected chi connectivity index (χ0v) is 16.9. The maximum atomic E-state index is 7.53. The van der Waals surface area contributed by atoms with E-state index in [0.717, 1.165) is 50.2 Å². The van der Waals surface area contributed by atoms with Crippen LogP contribution in [0.5, 0.6) is 5.75 Å². The van der Waals surface area contributed by atoms with E-state index in [1.54, 1.807) is 7.11 Å². The number of fused-ring (bicyclic) bond motifs is 1. The van der Waals surface area contributed by atoms with Gasteiger partial charge in [-0.1, -0.05) is 30.3 Å². The summed E-state index contributed by atoms with van der Waals surface area (Å²) in [5.74, 6) is 0.866. The smallest absolute Gasteiger partial charge is 0.190 e. The predicted molar refractivity (Wildman–Crippen MR) is 120 cm³/mol. The zero-order valence-electron chi connectivity index (χ0n) is 16.9. The van der Waals surface area contributed by atoms with Crippen molar-refractivity contribution >= 4 is 22.3 Å². The maximum Gasteiger partial charge on any atom is 0.190 e. The number of benzene rings is 3. The van der Waals surface area contributed by atoms with Crippen LogP contribution in [0, 0.1) is 20.4 Å². The third kappa shape index (κ3) is 3.21. The van der Waals surface area contributed by atoms with Gasteiger partial charge in [-0.05, 0) is 60.2 Å². The van der Waals surface area contributed by atoms with Crippen LogP contribution >= 0.6 is 0 Å². The topological polar surface area (TPSA) is 44.5 Å². The molecule has 0 spiro atoms. The molecule has 4 rings (SSSR count). The molecule has 0 saturated heterocycles. The Morgan fingerprint density at radius 3 is 2.59 bits per heavy atom. The van der Waals surface area contributed by atoms with Crippen LogP contribution in [0.3, 0.4) is 0 Å². The van der Waals surface area contributed by atoms with Crippen molar-refractivity contribution in [3.63, 3.8) is 0 Å². The second-order valence-electron chi connectivity index (χ2n) is 7.27. The lowest BCUT2D eigenvalue weighted by molar-refractivity contribution is 0.408. The summed E-state index contributed by atoms with van der Waals surface area (Å²) in [6.45, 7) is 12.2. The molecule has 0 aliphatic carbocycles. The van der Waals surface area contributed by atoms with Crippen molar-refractivity contribution in [1.29, 1.82) is 0 Å². The number of rotatable bonds is 4. The summed E-state index contributed by atoms with van der Waals surface area (Å²) in [4.78, 5) is 3.71. The van der Waals surface area contributed by atoms with E-state index in [1.807, 2.05) is 50.2 Å². The number of methoxy groups -OCH3 is 1. The van der Waals surface area contributed by atoms with Gasteiger partial charge in [0, 0.05) is 28.5 Å². The van der Waals surface area contributed by atoms with E-state index >= 15 is 0 Å². The van der Waals surface area contributed by atoms with E-state index < -0.39 is 0 Å². The molecule has 4 heteroatoms. The van der Waals surface area contributed by atoms with Crippen molar-refractivity contribution in [2.45, 2.75) is 20.4 Å². The molecule has 0 radical (unpaired) electrons. The summed E-state index contributed by atoms with van der Waals surface area (Å²) in [6.07, 6.45) is 2.16. The highest BCUT2D eigenvalue weighted by Gasteiger charge is 2.16. The second kappa shape index (κ2) is 7.37. The molecule has 0 amide bonds. The number of nitrogens with zero attached hydrogens (tertiary/aromatic N) is 2. The minimum absolute atomic E-state index is 0.676. The molecular formula is C25H23N3O. The van der Waals surface area contributed by atoms with Crippen LogP contribution < -0.4 is 10.5 Å². The van der Waals surface area contributed by atoms with Crippen LogP contribution in [0.1, 0.15) is 16.7 Å². The number of ether oxygens (including phenoxy) is 1. The van der Waals surface area contributed by atoms with E-state index in [-0.39, 0.29) is 0 Å². The molecule has 0 bridgehead atoms. The fraction of sp³-hybridized carbons (Fsp3) is 0.160. The van der Waals surface area contributed by atoms with Crippen LogP contribution in [0.4, 0.5) is 11.4 Å². The summed E-state index contributed by atoms with van der Waals surface area (Å²) < 4.78 is 7.77. The third-order valence-electron chi connectivity index (χ3n) is 5.52. The Bertz CT molecular complexity index is 1260. The van der Waals surface area contributed by atoms with E-state index in [9.17, 15) is 0 Å². The number of hydrogen-bond donors (Lipinski definition) is 1. The molecule has 4 nitrogen and oxygen atoms in total. The minimum atomic E-state index is 0.676. The highest BCUT2D eigenvalue weighted by Crippen LogP contribution is 2.38. The normalized spacial score (nSPS) is 10.8. The molecule has 144 valence electrons. The van der Waals surface area contributed by atoms with Crippen LogP contribution in [0.25, 0.3) is 26.9 Å². The standard InChI is InChI=1S/C25H23N3O/c1-16-12-24-20(13-23(16)27-3)21(19-9-7-10-22(26)17(19)2)15-28(24)14-18-8-5-6-11-25(18)29-4/h5-13,15H,14,26H2,1-2,4H3. The van der Waals surface area contributed by atoms with Gasteiger partial charge in [-0.25, -0.2) is 4.85 Å². The van der Waals surface area contributed by atoms with Crippen LogP contribution in [-0.4, -0.2) is 11.7 Å². The first-order chi connectivity index (χ1) is 14.0. The molecule has 0 aliphatic heterocycles. The van der Waals surface area contributed by atoms with E-state index in [1.165, 1.54) is 0 Å². The number of para-hydroxylation sites is 1. The van der Waals surface area contributed by atoms with Gasteiger partial charge in [-0.15, -0.1) is 0 Å². The lowest BCUT2D eigenvalue weighted by atomic mass is 9.98. The Balaban J connectivity index is 1.97. The van der Waals surface area contributed by atoms with Gasteiger partial charge in [0.15, 0.2) is 5.69 Å². The average molecular weight is 381 g/mol. The van der Waals surface area contributed by atoms with E-state index in [2.05, 4.69) is 33.8 Å². The summed E-state index contributed by atoms with van der Waals surface area (Å²) in [5.41, 5.74) is 14.0. The Kier molecular flexibility index (Phi) is 4.74. The molecule has 29 heavy (non-hydrogen) atoms. The fourth-order valence-corrected chi connectivity index (χ4v) is 3.86. The Labute approximate surface area is 171 Å². The Morgan fingerprint density at radius 2 is 1.83 bits per heavy atom. The molecule has 1 heterocycles. The first kappa shape index (κ1) is 18.6. The number of nitrogens with two attached hydrogens (primary N) is 1. The molecule has 0 unspecified atom stereocenters. The average Bonchev–Trinajstić information content (AvgIpc) is 3.06. The van der Waals surface area contributed by atoms with Gasteiger partial charge >= 0.3 is 0 Å². The summed E-state index contributed by atoms with van der Waals surface area (Å²) in [6, 6.07) is 18.1. The van der Waals surface area contributed by atoms with Crippen molar-refractivity contribution in [2.75, 3.05) is 12.8 Å². The van der Waals surface area contributed by atoms with Gasteiger partial charge in [0.05, 0.1) is 20.2 Å². The zero-order chi connectivity index (χ0) is 20.5. The summed E-state index contributed by atoms with van der Waals surface area (Å²) in [5, 5.41) is 1.06. The molecule has 4 aromatic rings.